The molecule has 4 aromatic rings. The molecule has 9 heteroatoms. The van der Waals surface area contributed by atoms with Gasteiger partial charge in [0.05, 0.1) is 24.0 Å². The Labute approximate surface area is 182 Å². The van der Waals surface area contributed by atoms with Gasteiger partial charge in [-0.2, -0.15) is 0 Å². The van der Waals surface area contributed by atoms with Crippen LogP contribution < -0.4 is 21.3 Å². The van der Waals surface area contributed by atoms with Crippen molar-refractivity contribution < 1.29 is 13.9 Å². The number of nitrogens with one attached hydrogen (secondary N) is 1. The summed E-state index contributed by atoms with van der Waals surface area (Å²) in [6, 6.07) is 13.6. The lowest BCUT2D eigenvalue weighted by atomic mass is 10.3. The summed E-state index contributed by atoms with van der Waals surface area (Å²) >= 11 is 0. The first-order chi connectivity index (χ1) is 15.3. The van der Waals surface area contributed by atoms with Gasteiger partial charge in [-0.15, -0.1) is 0 Å². The van der Waals surface area contributed by atoms with Gasteiger partial charge in [-0.3, -0.25) is 14.2 Å². The van der Waals surface area contributed by atoms with E-state index < -0.39 is 23.0 Å². The Bertz CT molecular complexity index is 1450. The second-order valence-corrected chi connectivity index (χ2v) is 7.31. The number of para-hydroxylation sites is 2. The average Bonchev–Trinajstić information content (AvgIpc) is 3.07. The molecule has 8 nitrogen and oxygen atoms in total. The summed E-state index contributed by atoms with van der Waals surface area (Å²) in [5, 5.41) is 2.74. The molecule has 0 saturated carbocycles. The maximum atomic E-state index is 13.4. The van der Waals surface area contributed by atoms with Crippen molar-refractivity contribution in [3.63, 3.8) is 0 Å². The molecular formula is C23H21FN4O4. The number of anilines is 1. The minimum atomic E-state index is -0.699. The molecule has 0 unspecified atom stereocenters. The number of fused-ring (bicyclic) bond motifs is 1. The molecule has 1 amide bonds. The van der Waals surface area contributed by atoms with E-state index in [1.54, 1.807) is 48.9 Å². The molecular weight excluding hydrogens is 415 g/mol. The number of aryl methyl sites for hydroxylation is 2. The molecule has 1 N–H and O–H groups in total. The third kappa shape index (κ3) is 3.58. The number of ether oxygens (including phenoxy) is 1. The van der Waals surface area contributed by atoms with Gasteiger partial charge in [-0.1, -0.05) is 12.1 Å². The number of aromatic nitrogens is 3. The van der Waals surface area contributed by atoms with Crippen LogP contribution in [-0.4, -0.2) is 26.7 Å². The smallest absolute Gasteiger partial charge is 0.336 e. The zero-order valence-corrected chi connectivity index (χ0v) is 17.8. The molecule has 0 bridgehead atoms. The fourth-order valence-electron chi connectivity index (χ4n) is 3.64. The molecule has 4 rings (SSSR count). The molecule has 2 heterocycles. The van der Waals surface area contributed by atoms with E-state index in [0.717, 1.165) is 10.3 Å². The fraction of sp³-hybridized carbons (Fsp3) is 0.174. The van der Waals surface area contributed by atoms with Crippen molar-refractivity contribution in [3.05, 3.63) is 86.9 Å². The van der Waals surface area contributed by atoms with Crippen molar-refractivity contribution in [2.45, 2.75) is 13.5 Å². The van der Waals surface area contributed by atoms with Gasteiger partial charge in [0.25, 0.3) is 5.56 Å². The average molecular weight is 436 g/mol. The lowest BCUT2D eigenvalue weighted by Gasteiger charge is -2.14. The van der Waals surface area contributed by atoms with Crippen molar-refractivity contribution in [2.75, 3.05) is 12.4 Å². The molecule has 0 aliphatic carbocycles. The van der Waals surface area contributed by atoms with Crippen LogP contribution in [-0.2, 0) is 18.4 Å². The Kier molecular flexibility index (Phi) is 5.40. The Morgan fingerprint density at radius 2 is 1.78 bits per heavy atom. The van der Waals surface area contributed by atoms with Gasteiger partial charge >= 0.3 is 5.69 Å². The van der Waals surface area contributed by atoms with E-state index in [2.05, 4.69) is 5.32 Å². The third-order valence-corrected chi connectivity index (χ3v) is 5.34. The summed E-state index contributed by atoms with van der Waals surface area (Å²) < 4.78 is 22.5. The first-order valence-corrected chi connectivity index (χ1v) is 9.82. The number of carbonyl (C=O) groups excluding carboxylic acids is 1. The van der Waals surface area contributed by atoms with Gasteiger partial charge in [0.1, 0.15) is 23.6 Å². The van der Waals surface area contributed by atoms with Crippen molar-refractivity contribution in [3.8, 4) is 11.4 Å². The van der Waals surface area contributed by atoms with Crippen LogP contribution in [0.2, 0.25) is 0 Å². The van der Waals surface area contributed by atoms with Gasteiger partial charge in [0.15, 0.2) is 0 Å². The van der Waals surface area contributed by atoms with E-state index in [-0.39, 0.29) is 17.7 Å². The number of benzene rings is 2. The highest BCUT2D eigenvalue weighted by Gasteiger charge is 2.20. The number of hydrogen-bond acceptors (Lipinski definition) is 4. The molecule has 0 saturated heterocycles. The largest absolute Gasteiger partial charge is 0.495 e. The van der Waals surface area contributed by atoms with E-state index in [9.17, 15) is 18.8 Å². The summed E-state index contributed by atoms with van der Waals surface area (Å²) in [7, 11) is 3.20. The fourth-order valence-corrected chi connectivity index (χ4v) is 3.64. The molecule has 0 atom stereocenters. The normalized spacial score (nSPS) is 11.0. The summed E-state index contributed by atoms with van der Waals surface area (Å²) in [6.07, 6.45) is 0. The van der Waals surface area contributed by atoms with Gasteiger partial charge < -0.3 is 14.6 Å². The molecule has 0 spiro atoms. The summed E-state index contributed by atoms with van der Waals surface area (Å²) in [5.74, 6) is -0.483. The van der Waals surface area contributed by atoms with Crippen LogP contribution >= 0.6 is 0 Å². The number of amides is 1. The number of methoxy groups -OCH3 is 1. The highest BCUT2D eigenvalue weighted by atomic mass is 19.1. The quantitative estimate of drug-likeness (QED) is 0.521. The van der Waals surface area contributed by atoms with E-state index in [0.29, 0.717) is 17.0 Å². The molecule has 0 aliphatic rings. The highest BCUT2D eigenvalue weighted by Crippen LogP contribution is 2.23. The molecule has 0 radical (unpaired) electrons. The van der Waals surface area contributed by atoms with Gasteiger partial charge in [0, 0.05) is 12.7 Å². The lowest BCUT2D eigenvalue weighted by molar-refractivity contribution is -0.116. The number of nitrogens with zero attached hydrogens (tertiary/aromatic N) is 3. The summed E-state index contributed by atoms with van der Waals surface area (Å²) in [6.45, 7) is 1.46. The van der Waals surface area contributed by atoms with Crippen molar-refractivity contribution in [1.29, 1.82) is 0 Å². The Balaban J connectivity index is 1.86. The van der Waals surface area contributed by atoms with Crippen LogP contribution in [0, 0.1) is 12.7 Å². The van der Waals surface area contributed by atoms with E-state index in [1.165, 1.54) is 35.9 Å². The number of rotatable bonds is 5. The van der Waals surface area contributed by atoms with Crippen molar-refractivity contribution in [1.82, 2.24) is 13.7 Å². The van der Waals surface area contributed by atoms with Gasteiger partial charge in [0.2, 0.25) is 5.91 Å². The van der Waals surface area contributed by atoms with E-state index in [4.69, 9.17) is 4.74 Å². The SMILES string of the molecule is COc1ccccc1NC(=O)Cn1c(=O)n(-c2ccc(F)cc2)c(=O)c2c1cc(C)n2C. The molecule has 0 fully saturated rings. The van der Waals surface area contributed by atoms with Gasteiger partial charge in [-0.25, -0.2) is 13.8 Å². The van der Waals surface area contributed by atoms with E-state index >= 15 is 0 Å². The second-order valence-electron chi connectivity index (χ2n) is 7.31. The van der Waals surface area contributed by atoms with Crippen molar-refractivity contribution >= 4 is 22.6 Å². The number of hydrogen-bond donors (Lipinski definition) is 1. The molecule has 164 valence electrons. The predicted molar refractivity (Wildman–Crippen MR) is 119 cm³/mol. The van der Waals surface area contributed by atoms with Crippen LogP contribution in [0.15, 0.2) is 64.2 Å². The van der Waals surface area contributed by atoms with Crippen molar-refractivity contribution in [2.24, 2.45) is 7.05 Å². The predicted octanol–water partition coefficient (Wildman–Crippen LogP) is 2.59. The Hall–Kier alpha value is -4.14. The first kappa shape index (κ1) is 21.1. The number of halogens is 1. The van der Waals surface area contributed by atoms with Crippen LogP contribution in [0.5, 0.6) is 5.75 Å². The highest BCUT2D eigenvalue weighted by molar-refractivity contribution is 5.93. The minimum Gasteiger partial charge on any atom is -0.495 e. The zero-order chi connectivity index (χ0) is 23.0. The minimum absolute atomic E-state index is 0.209. The van der Waals surface area contributed by atoms with Crippen LogP contribution in [0.1, 0.15) is 5.69 Å². The first-order valence-electron chi connectivity index (χ1n) is 9.82. The molecule has 2 aromatic carbocycles. The van der Waals surface area contributed by atoms with Crippen LogP contribution in [0.25, 0.3) is 16.7 Å². The Morgan fingerprint density at radius 1 is 1.09 bits per heavy atom. The van der Waals surface area contributed by atoms with Crippen LogP contribution in [0.3, 0.4) is 0 Å². The Morgan fingerprint density at radius 3 is 2.47 bits per heavy atom. The maximum Gasteiger partial charge on any atom is 0.336 e. The lowest BCUT2D eigenvalue weighted by Crippen LogP contribution is -2.41. The molecule has 2 aromatic heterocycles. The standard InChI is InChI=1S/C23H21FN4O4/c1-14-12-18-21(26(14)2)22(30)28(16-10-8-15(24)9-11-16)23(31)27(18)13-20(29)25-17-6-4-5-7-19(17)32-3/h4-12H,13H2,1-3H3,(H,25,29). The zero-order valence-electron chi connectivity index (χ0n) is 17.8. The maximum absolute atomic E-state index is 13.4. The summed E-state index contributed by atoms with van der Waals surface area (Å²) in [4.78, 5) is 39.4. The monoisotopic (exact) mass is 436 g/mol. The second kappa shape index (κ2) is 8.18. The van der Waals surface area contributed by atoms with E-state index in [1.807, 2.05) is 0 Å². The summed E-state index contributed by atoms with van der Waals surface area (Å²) in [5.41, 5.74) is 0.766. The third-order valence-electron chi connectivity index (χ3n) is 5.34. The molecule has 32 heavy (non-hydrogen) atoms. The van der Waals surface area contributed by atoms with Crippen LogP contribution in [0.4, 0.5) is 10.1 Å². The number of carbonyl (C=O) groups is 1. The van der Waals surface area contributed by atoms with Gasteiger partial charge in [-0.05, 0) is 49.4 Å². The molecule has 0 aliphatic heterocycles. The topological polar surface area (TPSA) is 87.3 Å².